The molecule has 2 aromatic carbocycles. The van der Waals surface area contributed by atoms with Crippen molar-refractivity contribution in [1.29, 1.82) is 0 Å². The molecule has 1 amide bonds. The Morgan fingerprint density at radius 2 is 1.73 bits per heavy atom. The Morgan fingerprint density at radius 3 is 2.33 bits per heavy atom. The molecule has 1 unspecified atom stereocenters. The molecule has 3 atom stereocenters. The lowest BCUT2D eigenvalue weighted by Crippen LogP contribution is -2.52. The van der Waals surface area contributed by atoms with E-state index in [-0.39, 0.29) is 11.7 Å². The third-order valence-corrected chi connectivity index (χ3v) is 5.25. The number of hydrogen-bond donors (Lipinski definition) is 2. The molecule has 1 heterocycles. The number of carbonyl (C=O) groups excluding carboxylic acids is 2. The normalized spacial score (nSPS) is 19.5. The van der Waals surface area contributed by atoms with Gasteiger partial charge in [-0.05, 0) is 43.0 Å². The Morgan fingerprint density at radius 1 is 1.07 bits per heavy atom. The number of carbonyl (C=O) groups is 2. The van der Waals surface area contributed by atoms with E-state index in [1.54, 1.807) is 33.3 Å². The number of Topliss-reactive ketones (excluding diaryl/α,β-unsaturated/α-hetero) is 1. The van der Waals surface area contributed by atoms with Crippen molar-refractivity contribution >= 4 is 11.7 Å². The van der Waals surface area contributed by atoms with Crippen LogP contribution >= 0.6 is 0 Å². The molecule has 0 aromatic heterocycles. The largest absolute Gasteiger partial charge is 0.493 e. The molecule has 0 bridgehead atoms. The molecule has 1 fully saturated rings. The summed E-state index contributed by atoms with van der Waals surface area (Å²) in [6.07, 6.45) is 0.680. The summed E-state index contributed by atoms with van der Waals surface area (Å²) in [6, 6.07) is 13.4. The van der Waals surface area contributed by atoms with Crippen molar-refractivity contribution in [3.63, 3.8) is 0 Å². The highest BCUT2D eigenvalue weighted by Gasteiger charge is 2.50. The summed E-state index contributed by atoms with van der Waals surface area (Å²) < 4.78 is 15.8. The number of ether oxygens (including phenoxy) is 3. The number of benzene rings is 2. The van der Waals surface area contributed by atoms with Crippen LogP contribution in [0.4, 0.5) is 0 Å². The molecule has 1 aliphatic heterocycles. The van der Waals surface area contributed by atoms with Crippen LogP contribution in [0.5, 0.6) is 11.5 Å². The maximum absolute atomic E-state index is 12.9. The minimum absolute atomic E-state index is 0.141. The fraction of sp³-hybridized carbons (Fsp3) is 0.391. The van der Waals surface area contributed by atoms with Gasteiger partial charge in [0.05, 0.1) is 32.9 Å². The molecule has 30 heavy (non-hydrogen) atoms. The third kappa shape index (κ3) is 5.17. The van der Waals surface area contributed by atoms with Crippen molar-refractivity contribution in [1.82, 2.24) is 5.32 Å². The lowest BCUT2D eigenvalue weighted by molar-refractivity contribution is -0.131. The summed E-state index contributed by atoms with van der Waals surface area (Å²) in [5.41, 5.74) is 7.10. The van der Waals surface area contributed by atoms with Crippen molar-refractivity contribution in [2.75, 3.05) is 20.8 Å². The summed E-state index contributed by atoms with van der Waals surface area (Å²) in [5.74, 6) is 0.644. The number of methoxy groups -OCH3 is 2. The van der Waals surface area contributed by atoms with E-state index in [1.807, 2.05) is 36.4 Å². The maximum Gasteiger partial charge on any atom is 0.237 e. The lowest BCUT2D eigenvalue weighted by Gasteiger charge is -2.22. The van der Waals surface area contributed by atoms with Crippen molar-refractivity contribution in [2.24, 2.45) is 5.73 Å². The van der Waals surface area contributed by atoms with Gasteiger partial charge in [0, 0.05) is 0 Å². The van der Waals surface area contributed by atoms with Gasteiger partial charge < -0.3 is 25.3 Å². The minimum atomic E-state index is -0.833. The third-order valence-electron chi connectivity index (χ3n) is 5.25. The zero-order valence-electron chi connectivity index (χ0n) is 17.5. The van der Waals surface area contributed by atoms with Crippen LogP contribution in [-0.2, 0) is 27.2 Å². The first-order valence-corrected chi connectivity index (χ1v) is 9.85. The Hall–Kier alpha value is -2.90. The zero-order chi connectivity index (χ0) is 21.7. The van der Waals surface area contributed by atoms with Gasteiger partial charge in [-0.3, -0.25) is 9.59 Å². The standard InChI is InChI=1S/C23H28N2O5/c1-23(14-30-23)21(26)18(12-15-7-5-4-6-8-15)25-22(27)17(24)11-16-9-10-19(28-2)20(13-16)29-3/h4-10,13,17-18H,11-12,14,24H2,1-3H3,(H,25,27)/t17-,18-,23?/m0/s1. The second-order valence-corrected chi connectivity index (χ2v) is 7.63. The van der Waals surface area contributed by atoms with Crippen LogP contribution in [0.1, 0.15) is 18.1 Å². The Balaban J connectivity index is 1.69. The molecular weight excluding hydrogens is 384 g/mol. The van der Waals surface area contributed by atoms with Crippen LogP contribution in [0.2, 0.25) is 0 Å². The van der Waals surface area contributed by atoms with Crippen LogP contribution in [-0.4, -0.2) is 50.2 Å². The van der Waals surface area contributed by atoms with Crippen molar-refractivity contribution in [3.8, 4) is 11.5 Å². The van der Waals surface area contributed by atoms with E-state index in [0.717, 1.165) is 11.1 Å². The van der Waals surface area contributed by atoms with Gasteiger partial charge in [-0.15, -0.1) is 0 Å². The molecule has 1 aliphatic rings. The zero-order valence-corrected chi connectivity index (χ0v) is 17.5. The summed E-state index contributed by atoms with van der Waals surface area (Å²) in [7, 11) is 3.11. The Bertz CT molecular complexity index is 896. The Kier molecular flexibility index (Phi) is 6.74. The van der Waals surface area contributed by atoms with Crippen molar-refractivity contribution < 1.29 is 23.8 Å². The van der Waals surface area contributed by atoms with Gasteiger partial charge in [-0.2, -0.15) is 0 Å². The molecule has 7 nitrogen and oxygen atoms in total. The number of rotatable bonds is 10. The smallest absolute Gasteiger partial charge is 0.237 e. The number of ketones is 1. The second kappa shape index (κ2) is 9.28. The average Bonchev–Trinajstić information content (AvgIpc) is 3.51. The van der Waals surface area contributed by atoms with E-state index in [1.165, 1.54) is 0 Å². The van der Waals surface area contributed by atoms with Gasteiger partial charge >= 0.3 is 0 Å². The van der Waals surface area contributed by atoms with Crippen LogP contribution in [0.25, 0.3) is 0 Å². The van der Waals surface area contributed by atoms with Gasteiger partial charge in [-0.25, -0.2) is 0 Å². The van der Waals surface area contributed by atoms with E-state index in [4.69, 9.17) is 19.9 Å². The van der Waals surface area contributed by atoms with Gasteiger partial charge in [0.1, 0.15) is 5.60 Å². The quantitative estimate of drug-likeness (QED) is 0.576. The molecule has 7 heteroatoms. The lowest BCUT2D eigenvalue weighted by atomic mass is 9.94. The molecule has 0 aliphatic carbocycles. The summed E-state index contributed by atoms with van der Waals surface area (Å²) in [5, 5.41) is 2.83. The number of amides is 1. The van der Waals surface area contributed by atoms with Gasteiger partial charge in [0.25, 0.3) is 0 Å². The molecule has 160 valence electrons. The van der Waals surface area contributed by atoms with Crippen LogP contribution in [0.15, 0.2) is 48.5 Å². The number of nitrogens with two attached hydrogens (primary N) is 1. The second-order valence-electron chi connectivity index (χ2n) is 7.63. The highest BCUT2D eigenvalue weighted by atomic mass is 16.6. The Labute approximate surface area is 176 Å². The fourth-order valence-corrected chi connectivity index (χ4v) is 3.31. The molecular formula is C23H28N2O5. The van der Waals surface area contributed by atoms with Crippen LogP contribution in [0.3, 0.4) is 0 Å². The minimum Gasteiger partial charge on any atom is -0.493 e. The fourth-order valence-electron chi connectivity index (χ4n) is 3.31. The summed E-state index contributed by atoms with van der Waals surface area (Å²) in [4.78, 5) is 25.7. The first-order valence-electron chi connectivity index (χ1n) is 9.85. The summed E-state index contributed by atoms with van der Waals surface area (Å²) in [6.45, 7) is 2.10. The molecule has 3 N–H and O–H groups in total. The van der Waals surface area contributed by atoms with Crippen LogP contribution in [0, 0.1) is 0 Å². The highest BCUT2D eigenvalue weighted by molar-refractivity contribution is 5.97. The molecule has 2 aromatic rings. The number of nitrogens with one attached hydrogen (secondary N) is 1. The molecule has 3 rings (SSSR count). The van der Waals surface area contributed by atoms with E-state index in [2.05, 4.69) is 5.32 Å². The van der Waals surface area contributed by atoms with E-state index in [9.17, 15) is 9.59 Å². The monoisotopic (exact) mass is 412 g/mol. The maximum atomic E-state index is 12.9. The van der Waals surface area contributed by atoms with Crippen LogP contribution < -0.4 is 20.5 Å². The van der Waals surface area contributed by atoms with E-state index >= 15 is 0 Å². The topological polar surface area (TPSA) is 103 Å². The SMILES string of the molecule is COc1ccc(C[C@H](N)C(=O)N[C@@H](Cc2ccccc2)C(=O)C2(C)CO2)cc1OC. The molecule has 0 spiro atoms. The highest BCUT2D eigenvalue weighted by Crippen LogP contribution is 2.29. The van der Waals surface area contributed by atoms with Crippen molar-refractivity contribution in [3.05, 3.63) is 59.7 Å². The summed E-state index contributed by atoms with van der Waals surface area (Å²) >= 11 is 0. The van der Waals surface area contributed by atoms with Crippen molar-refractivity contribution in [2.45, 2.75) is 37.5 Å². The van der Waals surface area contributed by atoms with E-state index < -0.39 is 17.7 Å². The first kappa shape index (κ1) is 21.8. The number of hydrogen-bond acceptors (Lipinski definition) is 6. The molecule has 0 saturated carbocycles. The first-order chi connectivity index (χ1) is 14.4. The van der Waals surface area contributed by atoms with Gasteiger partial charge in [-0.1, -0.05) is 36.4 Å². The predicted molar refractivity (Wildman–Crippen MR) is 113 cm³/mol. The molecule has 1 saturated heterocycles. The van der Waals surface area contributed by atoms with Gasteiger partial charge in [0.15, 0.2) is 17.3 Å². The van der Waals surface area contributed by atoms with E-state index in [0.29, 0.717) is 30.9 Å². The molecule has 0 radical (unpaired) electrons. The predicted octanol–water partition coefficient (Wildman–Crippen LogP) is 1.66. The number of epoxide rings is 1. The van der Waals surface area contributed by atoms with Gasteiger partial charge in [0.2, 0.25) is 5.91 Å². The average molecular weight is 412 g/mol.